The van der Waals surface area contributed by atoms with Gasteiger partial charge in [-0.3, -0.25) is 9.48 Å². The second-order valence-corrected chi connectivity index (χ2v) is 7.84. The van der Waals surface area contributed by atoms with E-state index < -0.39 is 0 Å². The number of halogens is 1. The smallest absolute Gasteiger partial charge is 0.182 e. The molecule has 0 aliphatic heterocycles. The van der Waals surface area contributed by atoms with Crippen molar-refractivity contribution < 1.29 is 4.79 Å². The zero-order valence-electron chi connectivity index (χ0n) is 13.8. The van der Waals surface area contributed by atoms with E-state index in [1.807, 2.05) is 13.8 Å². The second-order valence-electron chi connectivity index (χ2n) is 6.98. The second kappa shape index (κ2) is 7.54. The van der Waals surface area contributed by atoms with Gasteiger partial charge >= 0.3 is 0 Å². The van der Waals surface area contributed by atoms with Crippen LogP contribution in [0.3, 0.4) is 0 Å². The maximum atomic E-state index is 12.6. The van der Waals surface area contributed by atoms with E-state index in [0.717, 1.165) is 17.3 Å². The summed E-state index contributed by atoms with van der Waals surface area (Å²) >= 11 is 3.44. The third-order valence-corrected chi connectivity index (χ3v) is 4.54. The summed E-state index contributed by atoms with van der Waals surface area (Å²) in [6.45, 7) is 11.4. The molecule has 1 unspecified atom stereocenters. The molecule has 0 saturated heterocycles. The molecule has 0 aliphatic rings. The Bertz CT molecular complexity index is 474. The van der Waals surface area contributed by atoms with Crippen LogP contribution in [0.5, 0.6) is 0 Å². The third kappa shape index (κ3) is 4.92. The summed E-state index contributed by atoms with van der Waals surface area (Å²) in [5, 5.41) is 4.28. The van der Waals surface area contributed by atoms with Crippen molar-refractivity contribution in [2.75, 3.05) is 6.54 Å². The quantitative estimate of drug-likeness (QED) is 0.743. The number of Topliss-reactive ketones (excluding diaryl/α,β-unsaturated/α-hetero) is 1. The van der Waals surface area contributed by atoms with E-state index in [9.17, 15) is 4.79 Å². The SMILES string of the molecule is CC(C)n1ncc(Br)c1C(=O)CCC(CCN)C(C)(C)C. The Morgan fingerprint density at radius 3 is 2.48 bits per heavy atom. The Morgan fingerprint density at radius 2 is 2.00 bits per heavy atom. The predicted molar refractivity (Wildman–Crippen MR) is 90.5 cm³/mol. The largest absolute Gasteiger partial charge is 0.330 e. The molecule has 0 aromatic carbocycles. The van der Waals surface area contributed by atoms with Gasteiger partial charge in [0.15, 0.2) is 5.78 Å². The summed E-state index contributed by atoms with van der Waals surface area (Å²) < 4.78 is 2.58. The van der Waals surface area contributed by atoms with Gasteiger partial charge in [0.25, 0.3) is 0 Å². The highest BCUT2D eigenvalue weighted by Gasteiger charge is 2.26. The lowest BCUT2D eigenvalue weighted by Gasteiger charge is -2.30. The van der Waals surface area contributed by atoms with Crippen LogP contribution in [0.25, 0.3) is 0 Å². The van der Waals surface area contributed by atoms with E-state index in [1.54, 1.807) is 10.9 Å². The zero-order valence-corrected chi connectivity index (χ0v) is 15.4. The standard InChI is InChI=1S/C16H28BrN3O/c1-11(2)20-15(13(17)10-19-20)14(21)7-6-12(8-9-18)16(3,4)5/h10-12H,6-9,18H2,1-5H3. The van der Waals surface area contributed by atoms with Gasteiger partial charge in [-0.15, -0.1) is 0 Å². The molecule has 0 spiro atoms. The van der Waals surface area contributed by atoms with E-state index in [-0.39, 0.29) is 17.2 Å². The Hall–Kier alpha value is -0.680. The third-order valence-electron chi connectivity index (χ3n) is 3.96. The summed E-state index contributed by atoms with van der Waals surface area (Å²) in [7, 11) is 0. The Labute approximate surface area is 136 Å². The molecule has 120 valence electrons. The molecule has 21 heavy (non-hydrogen) atoms. The number of rotatable bonds is 7. The minimum absolute atomic E-state index is 0.152. The first-order valence-corrected chi connectivity index (χ1v) is 8.44. The molecule has 5 heteroatoms. The van der Waals surface area contributed by atoms with Crippen LogP contribution in [-0.2, 0) is 0 Å². The van der Waals surface area contributed by atoms with Gasteiger partial charge in [-0.2, -0.15) is 5.10 Å². The van der Waals surface area contributed by atoms with Crippen molar-refractivity contribution in [1.29, 1.82) is 0 Å². The number of hydrogen-bond donors (Lipinski definition) is 1. The molecular weight excluding hydrogens is 330 g/mol. The van der Waals surface area contributed by atoms with Crippen molar-refractivity contribution in [3.63, 3.8) is 0 Å². The summed E-state index contributed by atoms with van der Waals surface area (Å²) in [5.41, 5.74) is 6.57. The van der Waals surface area contributed by atoms with Crippen LogP contribution < -0.4 is 5.73 Å². The van der Waals surface area contributed by atoms with E-state index in [1.165, 1.54) is 0 Å². The highest BCUT2D eigenvalue weighted by atomic mass is 79.9. The average Bonchev–Trinajstić information content (AvgIpc) is 2.74. The number of hydrogen-bond acceptors (Lipinski definition) is 3. The van der Waals surface area contributed by atoms with Gasteiger partial charge in [0.1, 0.15) is 5.69 Å². The highest BCUT2D eigenvalue weighted by Crippen LogP contribution is 2.33. The van der Waals surface area contributed by atoms with Crippen LogP contribution in [0.2, 0.25) is 0 Å². The summed E-state index contributed by atoms with van der Waals surface area (Å²) in [6.07, 6.45) is 4.07. The monoisotopic (exact) mass is 357 g/mol. The fourth-order valence-corrected chi connectivity index (χ4v) is 3.12. The number of carbonyl (C=O) groups is 1. The molecule has 4 nitrogen and oxygen atoms in total. The first-order chi connectivity index (χ1) is 9.68. The van der Waals surface area contributed by atoms with Gasteiger partial charge in [-0.1, -0.05) is 20.8 Å². The molecular formula is C16H28BrN3O. The number of aromatic nitrogens is 2. The molecule has 0 bridgehead atoms. The summed E-state index contributed by atoms with van der Waals surface area (Å²) in [6, 6.07) is 0.178. The van der Waals surface area contributed by atoms with Crippen LogP contribution in [0, 0.1) is 11.3 Å². The van der Waals surface area contributed by atoms with Crippen LogP contribution in [-0.4, -0.2) is 22.1 Å². The molecule has 1 heterocycles. The average molecular weight is 358 g/mol. The lowest BCUT2D eigenvalue weighted by atomic mass is 9.76. The number of carbonyl (C=O) groups excluding carboxylic acids is 1. The Kier molecular flexibility index (Phi) is 6.60. The molecule has 0 fully saturated rings. The first kappa shape index (κ1) is 18.4. The molecule has 0 aliphatic carbocycles. The molecule has 0 saturated carbocycles. The van der Waals surface area contributed by atoms with Gasteiger partial charge < -0.3 is 5.73 Å². The molecule has 1 aromatic rings. The zero-order chi connectivity index (χ0) is 16.2. The lowest BCUT2D eigenvalue weighted by molar-refractivity contribution is 0.0944. The number of nitrogens with two attached hydrogens (primary N) is 1. The first-order valence-electron chi connectivity index (χ1n) is 7.64. The normalized spacial score (nSPS) is 13.7. The lowest BCUT2D eigenvalue weighted by Crippen LogP contribution is -2.24. The molecule has 2 N–H and O–H groups in total. The van der Waals surface area contributed by atoms with Crippen LogP contribution in [0.1, 0.15) is 70.4 Å². The van der Waals surface area contributed by atoms with Gasteiger partial charge in [-0.25, -0.2) is 0 Å². The minimum Gasteiger partial charge on any atom is -0.330 e. The summed E-state index contributed by atoms with van der Waals surface area (Å²) in [4.78, 5) is 12.6. The fourth-order valence-electron chi connectivity index (χ4n) is 2.63. The number of ketones is 1. The van der Waals surface area contributed by atoms with Crippen molar-refractivity contribution >= 4 is 21.7 Å². The molecule has 1 rings (SSSR count). The van der Waals surface area contributed by atoms with Gasteiger partial charge in [0.05, 0.1) is 10.7 Å². The topological polar surface area (TPSA) is 60.9 Å². The summed E-state index contributed by atoms with van der Waals surface area (Å²) in [5.74, 6) is 0.611. The van der Waals surface area contributed by atoms with E-state index >= 15 is 0 Å². The van der Waals surface area contributed by atoms with Gasteiger partial charge in [0, 0.05) is 12.5 Å². The molecule has 0 radical (unpaired) electrons. The Balaban J connectivity index is 2.80. The molecule has 1 aromatic heterocycles. The minimum atomic E-state index is 0.152. The maximum absolute atomic E-state index is 12.6. The van der Waals surface area contributed by atoms with Crippen molar-refractivity contribution in [3.05, 3.63) is 16.4 Å². The van der Waals surface area contributed by atoms with Gasteiger partial charge in [0.2, 0.25) is 0 Å². The van der Waals surface area contributed by atoms with E-state index in [0.29, 0.717) is 24.6 Å². The molecule has 1 atom stereocenters. The van der Waals surface area contributed by atoms with Crippen molar-refractivity contribution in [2.45, 2.75) is 59.9 Å². The van der Waals surface area contributed by atoms with Crippen LogP contribution >= 0.6 is 15.9 Å². The van der Waals surface area contributed by atoms with E-state index in [2.05, 4.69) is 41.8 Å². The number of nitrogens with zero attached hydrogens (tertiary/aromatic N) is 2. The van der Waals surface area contributed by atoms with Gasteiger partial charge in [-0.05, 0) is 60.5 Å². The van der Waals surface area contributed by atoms with E-state index in [4.69, 9.17) is 5.73 Å². The predicted octanol–water partition coefficient (Wildman–Crippen LogP) is 4.20. The molecule has 0 amide bonds. The van der Waals surface area contributed by atoms with Crippen molar-refractivity contribution in [3.8, 4) is 0 Å². The Morgan fingerprint density at radius 1 is 1.38 bits per heavy atom. The van der Waals surface area contributed by atoms with Crippen LogP contribution in [0.4, 0.5) is 0 Å². The van der Waals surface area contributed by atoms with Crippen molar-refractivity contribution in [2.24, 2.45) is 17.1 Å². The maximum Gasteiger partial charge on any atom is 0.182 e. The van der Waals surface area contributed by atoms with Crippen LogP contribution in [0.15, 0.2) is 10.7 Å². The highest BCUT2D eigenvalue weighted by molar-refractivity contribution is 9.10. The fraction of sp³-hybridized carbons (Fsp3) is 0.750. The van der Waals surface area contributed by atoms with Crippen molar-refractivity contribution in [1.82, 2.24) is 9.78 Å².